The van der Waals surface area contributed by atoms with Crippen LogP contribution in [0.2, 0.25) is 0 Å². The molecule has 0 aliphatic carbocycles. The molecule has 3 aliphatic rings. The van der Waals surface area contributed by atoms with Gasteiger partial charge in [-0.3, -0.25) is 9.59 Å². The lowest BCUT2D eigenvalue weighted by atomic mass is 9.99. The van der Waals surface area contributed by atoms with Crippen LogP contribution in [-0.2, 0) is 22.6 Å². The molecular formula is C24H25FN4O2. The van der Waals surface area contributed by atoms with Crippen molar-refractivity contribution >= 4 is 11.8 Å². The highest BCUT2D eigenvalue weighted by Gasteiger charge is 2.40. The maximum atomic E-state index is 13.2. The standard InChI is InChI=1S/C24H25FN4O2/c25-20-7-5-18(6-8-20)21-15-22-24(31)27(13-14-29(22)26-21)12-10-23(30)28-11-9-17-3-1-2-4-19(17)16-28/h1-8,13-14,21-22,26H,9-12,15-16H2. The third-order valence-electron chi connectivity index (χ3n) is 6.40. The van der Waals surface area contributed by atoms with Gasteiger partial charge in [0.05, 0.1) is 6.04 Å². The first-order valence-corrected chi connectivity index (χ1v) is 10.7. The van der Waals surface area contributed by atoms with Gasteiger partial charge in [-0.1, -0.05) is 36.4 Å². The second-order valence-electron chi connectivity index (χ2n) is 8.31. The van der Waals surface area contributed by atoms with Crippen LogP contribution in [0.25, 0.3) is 0 Å². The molecule has 2 unspecified atom stereocenters. The van der Waals surface area contributed by atoms with E-state index in [4.69, 9.17) is 0 Å². The molecule has 0 radical (unpaired) electrons. The van der Waals surface area contributed by atoms with Crippen molar-refractivity contribution in [1.82, 2.24) is 20.2 Å². The number of nitrogens with one attached hydrogen (secondary N) is 1. The fraction of sp³-hybridized carbons (Fsp3) is 0.333. The number of carbonyl (C=O) groups excluding carboxylic acids is 2. The van der Waals surface area contributed by atoms with Crippen LogP contribution in [0.1, 0.15) is 35.6 Å². The Balaban J connectivity index is 1.18. The summed E-state index contributed by atoms with van der Waals surface area (Å²) >= 11 is 0. The Hall–Kier alpha value is -3.19. The molecule has 0 bridgehead atoms. The molecule has 7 heteroatoms. The minimum Gasteiger partial charge on any atom is -0.338 e. The van der Waals surface area contributed by atoms with Crippen molar-refractivity contribution in [3.63, 3.8) is 0 Å². The van der Waals surface area contributed by atoms with Gasteiger partial charge < -0.3 is 14.8 Å². The third-order valence-corrected chi connectivity index (χ3v) is 6.40. The summed E-state index contributed by atoms with van der Waals surface area (Å²) in [5.74, 6) is -0.216. The van der Waals surface area contributed by atoms with E-state index in [1.807, 2.05) is 28.2 Å². The third kappa shape index (κ3) is 3.93. The van der Waals surface area contributed by atoms with Crippen LogP contribution in [0, 0.1) is 5.82 Å². The molecule has 5 rings (SSSR count). The maximum absolute atomic E-state index is 13.2. The SMILES string of the molecule is O=C1C2CC(c3ccc(F)cc3)NN2C=CN1CCC(=O)N1CCc2ccccc2C1. The zero-order valence-electron chi connectivity index (χ0n) is 17.2. The summed E-state index contributed by atoms with van der Waals surface area (Å²) in [7, 11) is 0. The molecule has 2 aromatic rings. The van der Waals surface area contributed by atoms with Crippen molar-refractivity contribution in [2.24, 2.45) is 0 Å². The number of amides is 2. The van der Waals surface area contributed by atoms with E-state index in [0.29, 0.717) is 25.9 Å². The highest BCUT2D eigenvalue weighted by atomic mass is 19.1. The van der Waals surface area contributed by atoms with Crippen LogP contribution >= 0.6 is 0 Å². The number of rotatable bonds is 4. The Morgan fingerprint density at radius 3 is 2.65 bits per heavy atom. The molecule has 2 amide bonds. The van der Waals surface area contributed by atoms with E-state index in [0.717, 1.165) is 18.5 Å². The number of hydrogen-bond donors (Lipinski definition) is 1. The zero-order valence-corrected chi connectivity index (χ0v) is 17.2. The first-order chi connectivity index (χ1) is 15.1. The number of hydrogen-bond acceptors (Lipinski definition) is 4. The molecule has 1 fully saturated rings. The summed E-state index contributed by atoms with van der Waals surface area (Å²) in [5, 5.41) is 1.82. The number of fused-ring (bicyclic) bond motifs is 2. The van der Waals surface area contributed by atoms with Crippen molar-refractivity contribution in [2.45, 2.75) is 37.9 Å². The minimum absolute atomic E-state index is 0.0172. The van der Waals surface area contributed by atoms with Crippen LogP contribution in [-0.4, -0.2) is 45.8 Å². The van der Waals surface area contributed by atoms with E-state index in [-0.39, 0.29) is 29.7 Å². The normalized spacial score (nSPS) is 22.5. The first-order valence-electron chi connectivity index (χ1n) is 10.7. The first kappa shape index (κ1) is 19.8. The van der Waals surface area contributed by atoms with Gasteiger partial charge in [0.25, 0.3) is 5.91 Å². The smallest absolute Gasteiger partial charge is 0.250 e. The Morgan fingerprint density at radius 2 is 1.84 bits per heavy atom. The number of benzene rings is 2. The van der Waals surface area contributed by atoms with Crippen molar-refractivity contribution < 1.29 is 14.0 Å². The molecule has 3 heterocycles. The molecular weight excluding hydrogens is 395 g/mol. The van der Waals surface area contributed by atoms with Crippen molar-refractivity contribution in [1.29, 1.82) is 0 Å². The average molecular weight is 420 g/mol. The average Bonchev–Trinajstić information content (AvgIpc) is 3.24. The quantitative estimate of drug-likeness (QED) is 0.827. The van der Waals surface area contributed by atoms with Crippen LogP contribution < -0.4 is 5.43 Å². The largest absolute Gasteiger partial charge is 0.338 e. The zero-order chi connectivity index (χ0) is 21.4. The maximum Gasteiger partial charge on any atom is 0.250 e. The fourth-order valence-electron chi connectivity index (χ4n) is 4.62. The van der Waals surface area contributed by atoms with Crippen molar-refractivity contribution in [2.75, 3.05) is 13.1 Å². The van der Waals surface area contributed by atoms with Gasteiger partial charge >= 0.3 is 0 Å². The lowest BCUT2D eigenvalue weighted by Gasteiger charge is -2.33. The number of hydrazine groups is 1. The lowest BCUT2D eigenvalue weighted by Crippen LogP contribution is -2.48. The van der Waals surface area contributed by atoms with Crippen molar-refractivity contribution in [3.8, 4) is 0 Å². The van der Waals surface area contributed by atoms with E-state index in [1.165, 1.54) is 23.3 Å². The Bertz CT molecular complexity index is 1020. The summed E-state index contributed by atoms with van der Waals surface area (Å²) in [5.41, 5.74) is 6.77. The summed E-state index contributed by atoms with van der Waals surface area (Å²) in [6.45, 7) is 1.73. The van der Waals surface area contributed by atoms with Crippen LogP contribution in [0.5, 0.6) is 0 Å². The second-order valence-corrected chi connectivity index (χ2v) is 8.31. The van der Waals surface area contributed by atoms with Gasteiger partial charge in [-0.25, -0.2) is 9.82 Å². The van der Waals surface area contributed by atoms with E-state index in [1.54, 1.807) is 23.2 Å². The van der Waals surface area contributed by atoms with Gasteiger partial charge in [0, 0.05) is 38.5 Å². The number of nitrogens with zero attached hydrogens (tertiary/aromatic N) is 3. The fourth-order valence-corrected chi connectivity index (χ4v) is 4.62. The Kier molecular flexibility index (Phi) is 5.19. The van der Waals surface area contributed by atoms with Gasteiger partial charge in [0.2, 0.25) is 5.91 Å². The van der Waals surface area contributed by atoms with E-state index in [2.05, 4.69) is 17.6 Å². The van der Waals surface area contributed by atoms with Crippen LogP contribution in [0.15, 0.2) is 60.9 Å². The van der Waals surface area contributed by atoms with Crippen molar-refractivity contribution in [3.05, 3.63) is 83.4 Å². The second kappa shape index (κ2) is 8.15. The molecule has 160 valence electrons. The van der Waals surface area contributed by atoms with Crippen LogP contribution in [0.4, 0.5) is 4.39 Å². The topological polar surface area (TPSA) is 55.9 Å². The minimum atomic E-state index is -0.322. The molecule has 1 saturated heterocycles. The highest BCUT2D eigenvalue weighted by Crippen LogP contribution is 2.31. The Labute approximate surface area is 180 Å². The molecule has 1 N–H and O–H groups in total. The van der Waals surface area contributed by atoms with Gasteiger partial charge in [0.1, 0.15) is 11.9 Å². The molecule has 0 aromatic heterocycles. The van der Waals surface area contributed by atoms with Crippen LogP contribution in [0.3, 0.4) is 0 Å². The van der Waals surface area contributed by atoms with Gasteiger partial charge in [-0.15, -0.1) is 0 Å². The number of halogens is 1. The predicted octanol–water partition coefficient (Wildman–Crippen LogP) is 2.73. The molecule has 31 heavy (non-hydrogen) atoms. The van der Waals surface area contributed by atoms with Gasteiger partial charge in [-0.2, -0.15) is 0 Å². The lowest BCUT2D eigenvalue weighted by molar-refractivity contribution is -0.136. The number of carbonyl (C=O) groups is 2. The molecule has 6 nitrogen and oxygen atoms in total. The van der Waals surface area contributed by atoms with E-state index in [9.17, 15) is 14.0 Å². The Morgan fingerprint density at radius 1 is 1.06 bits per heavy atom. The molecule has 2 atom stereocenters. The van der Waals surface area contributed by atoms with E-state index >= 15 is 0 Å². The van der Waals surface area contributed by atoms with E-state index < -0.39 is 0 Å². The predicted molar refractivity (Wildman–Crippen MR) is 114 cm³/mol. The molecule has 0 saturated carbocycles. The molecule has 2 aromatic carbocycles. The van der Waals surface area contributed by atoms with Gasteiger partial charge in [0.15, 0.2) is 0 Å². The highest BCUT2D eigenvalue weighted by molar-refractivity contribution is 5.85. The summed E-state index contributed by atoms with van der Waals surface area (Å²) < 4.78 is 13.2. The summed E-state index contributed by atoms with van der Waals surface area (Å²) in [4.78, 5) is 29.3. The summed E-state index contributed by atoms with van der Waals surface area (Å²) in [6.07, 6.45) is 5.36. The summed E-state index contributed by atoms with van der Waals surface area (Å²) in [6, 6.07) is 14.2. The van der Waals surface area contributed by atoms with Gasteiger partial charge in [-0.05, 0) is 41.7 Å². The molecule has 0 spiro atoms. The molecule has 3 aliphatic heterocycles. The monoisotopic (exact) mass is 420 g/mol.